The molecule has 0 amide bonds. The third-order valence-electron chi connectivity index (χ3n) is 2.97. The highest BCUT2D eigenvalue weighted by Gasteiger charge is 2.11. The van der Waals surface area contributed by atoms with Crippen molar-refractivity contribution >= 4 is 0 Å². The van der Waals surface area contributed by atoms with Crippen LogP contribution in [0, 0.1) is 0 Å². The molecule has 88 valence electrons. The largest absolute Gasteiger partial charge is 0.493 e. The number of nitrogens with one attached hydrogen (secondary N) is 1. The molecule has 1 unspecified atom stereocenters. The molecule has 0 aromatic heterocycles. The lowest BCUT2D eigenvalue weighted by Crippen LogP contribution is -2.26. The summed E-state index contributed by atoms with van der Waals surface area (Å²) in [7, 11) is 0. The summed E-state index contributed by atoms with van der Waals surface area (Å²) in [4.78, 5) is 0. The van der Waals surface area contributed by atoms with Crippen LogP contribution in [0.15, 0.2) is 18.2 Å². The molecule has 3 heteroatoms. The summed E-state index contributed by atoms with van der Waals surface area (Å²) in [6, 6.07) is 6.72. The molecule has 2 rings (SSSR count). The first-order valence-electron chi connectivity index (χ1n) is 5.88. The van der Waals surface area contributed by atoms with E-state index in [4.69, 9.17) is 9.84 Å². The molecule has 0 fully saturated rings. The first kappa shape index (κ1) is 11.4. The molecule has 1 atom stereocenters. The predicted molar refractivity (Wildman–Crippen MR) is 63.6 cm³/mol. The lowest BCUT2D eigenvalue weighted by Gasteiger charge is -2.12. The summed E-state index contributed by atoms with van der Waals surface area (Å²) >= 11 is 0. The fraction of sp³-hybridized carbons (Fsp3) is 0.538. The molecule has 1 heterocycles. The monoisotopic (exact) mass is 221 g/mol. The standard InChI is InChI=1S/C13H19NO2/c1-10(4-6-15)14-9-11-2-3-13-12(8-11)5-7-16-13/h2-3,8,10,14-15H,4-7,9H2,1H3. The SMILES string of the molecule is CC(CCO)NCc1ccc2c(c1)CCO2. The van der Waals surface area contributed by atoms with Gasteiger partial charge in [0.2, 0.25) is 0 Å². The van der Waals surface area contributed by atoms with Crippen molar-refractivity contribution in [3.8, 4) is 5.75 Å². The maximum atomic E-state index is 8.80. The second-order valence-corrected chi connectivity index (χ2v) is 4.33. The zero-order valence-corrected chi connectivity index (χ0v) is 9.70. The summed E-state index contributed by atoms with van der Waals surface area (Å²) < 4.78 is 5.46. The lowest BCUT2D eigenvalue weighted by atomic mass is 10.1. The second kappa shape index (κ2) is 5.32. The summed E-state index contributed by atoms with van der Waals surface area (Å²) in [5.41, 5.74) is 2.60. The van der Waals surface area contributed by atoms with E-state index in [9.17, 15) is 0 Å². The summed E-state index contributed by atoms with van der Waals surface area (Å²) in [6.07, 6.45) is 1.82. The van der Waals surface area contributed by atoms with E-state index in [-0.39, 0.29) is 6.61 Å². The number of ether oxygens (including phenoxy) is 1. The van der Waals surface area contributed by atoms with Gasteiger partial charge in [0.05, 0.1) is 6.61 Å². The number of aliphatic hydroxyl groups is 1. The van der Waals surface area contributed by atoms with Gasteiger partial charge in [-0.1, -0.05) is 12.1 Å². The van der Waals surface area contributed by atoms with Crippen LogP contribution in [0.2, 0.25) is 0 Å². The topological polar surface area (TPSA) is 41.5 Å². The number of rotatable bonds is 5. The lowest BCUT2D eigenvalue weighted by molar-refractivity contribution is 0.268. The Morgan fingerprint density at radius 2 is 2.38 bits per heavy atom. The molecule has 1 aliphatic rings. The highest BCUT2D eigenvalue weighted by atomic mass is 16.5. The third-order valence-corrected chi connectivity index (χ3v) is 2.97. The molecule has 0 saturated carbocycles. The number of benzene rings is 1. The van der Waals surface area contributed by atoms with Crippen molar-refractivity contribution in [2.75, 3.05) is 13.2 Å². The highest BCUT2D eigenvalue weighted by Crippen LogP contribution is 2.25. The predicted octanol–water partition coefficient (Wildman–Crippen LogP) is 1.48. The van der Waals surface area contributed by atoms with E-state index >= 15 is 0 Å². The van der Waals surface area contributed by atoms with Crippen LogP contribution in [0.3, 0.4) is 0 Å². The van der Waals surface area contributed by atoms with Gasteiger partial charge in [-0.25, -0.2) is 0 Å². The fourth-order valence-electron chi connectivity index (χ4n) is 1.94. The Bertz CT molecular complexity index is 352. The number of fused-ring (bicyclic) bond motifs is 1. The minimum absolute atomic E-state index is 0.242. The van der Waals surface area contributed by atoms with Gasteiger partial charge in [0.15, 0.2) is 0 Å². The van der Waals surface area contributed by atoms with Gasteiger partial charge >= 0.3 is 0 Å². The molecule has 16 heavy (non-hydrogen) atoms. The van der Waals surface area contributed by atoms with Crippen LogP contribution in [-0.4, -0.2) is 24.4 Å². The van der Waals surface area contributed by atoms with Crippen molar-refractivity contribution in [1.29, 1.82) is 0 Å². The van der Waals surface area contributed by atoms with Crippen molar-refractivity contribution < 1.29 is 9.84 Å². The molecule has 0 aliphatic carbocycles. The maximum absolute atomic E-state index is 8.80. The van der Waals surface area contributed by atoms with Crippen molar-refractivity contribution in [3.05, 3.63) is 29.3 Å². The van der Waals surface area contributed by atoms with E-state index in [1.54, 1.807) is 0 Å². The first-order valence-corrected chi connectivity index (χ1v) is 5.88. The summed E-state index contributed by atoms with van der Waals surface area (Å²) in [6.45, 7) is 4.00. The van der Waals surface area contributed by atoms with Crippen molar-refractivity contribution in [1.82, 2.24) is 5.32 Å². The molecule has 3 nitrogen and oxygen atoms in total. The quantitative estimate of drug-likeness (QED) is 0.791. The van der Waals surface area contributed by atoms with Crippen LogP contribution in [-0.2, 0) is 13.0 Å². The third kappa shape index (κ3) is 2.74. The zero-order valence-electron chi connectivity index (χ0n) is 9.70. The van der Waals surface area contributed by atoms with Crippen molar-refractivity contribution in [3.63, 3.8) is 0 Å². The van der Waals surface area contributed by atoms with Gasteiger partial charge in [-0.05, 0) is 30.5 Å². The molecule has 1 aliphatic heterocycles. The smallest absolute Gasteiger partial charge is 0.122 e. The molecule has 1 aromatic carbocycles. The van der Waals surface area contributed by atoms with Gasteiger partial charge in [0.1, 0.15) is 5.75 Å². The Hall–Kier alpha value is -1.06. The van der Waals surface area contributed by atoms with E-state index in [1.165, 1.54) is 11.1 Å². The van der Waals surface area contributed by atoms with Gasteiger partial charge in [0, 0.05) is 25.6 Å². The van der Waals surface area contributed by atoms with Gasteiger partial charge in [-0.15, -0.1) is 0 Å². The fourth-order valence-corrected chi connectivity index (χ4v) is 1.94. The van der Waals surface area contributed by atoms with Crippen LogP contribution < -0.4 is 10.1 Å². The highest BCUT2D eigenvalue weighted by molar-refractivity contribution is 5.39. The van der Waals surface area contributed by atoms with Gasteiger partial charge in [-0.3, -0.25) is 0 Å². The van der Waals surface area contributed by atoms with Crippen LogP contribution in [0.4, 0.5) is 0 Å². The summed E-state index contributed by atoms with van der Waals surface area (Å²) in [5, 5.41) is 12.2. The van der Waals surface area contributed by atoms with Crippen LogP contribution in [0.5, 0.6) is 5.75 Å². The Balaban J connectivity index is 1.90. The Labute approximate surface area is 96.4 Å². The molecular formula is C13H19NO2. The molecule has 0 radical (unpaired) electrons. The van der Waals surface area contributed by atoms with E-state index < -0.39 is 0 Å². The van der Waals surface area contributed by atoms with Gasteiger partial charge in [0.25, 0.3) is 0 Å². The molecule has 0 saturated heterocycles. The number of hydrogen-bond donors (Lipinski definition) is 2. The zero-order chi connectivity index (χ0) is 11.4. The average molecular weight is 221 g/mol. The normalized spacial score (nSPS) is 15.6. The Kier molecular flexibility index (Phi) is 3.80. The first-order chi connectivity index (χ1) is 7.79. The second-order valence-electron chi connectivity index (χ2n) is 4.33. The molecule has 0 spiro atoms. The van der Waals surface area contributed by atoms with Crippen molar-refractivity contribution in [2.24, 2.45) is 0 Å². The van der Waals surface area contributed by atoms with E-state index in [0.29, 0.717) is 6.04 Å². The summed E-state index contributed by atoms with van der Waals surface area (Å²) in [5.74, 6) is 1.03. The van der Waals surface area contributed by atoms with Crippen molar-refractivity contribution in [2.45, 2.75) is 32.4 Å². The average Bonchev–Trinajstić information content (AvgIpc) is 2.74. The number of aliphatic hydroxyl groups excluding tert-OH is 1. The minimum Gasteiger partial charge on any atom is -0.493 e. The molecule has 0 bridgehead atoms. The Morgan fingerprint density at radius 1 is 1.50 bits per heavy atom. The van der Waals surface area contributed by atoms with E-state index in [1.807, 2.05) is 0 Å². The molecule has 1 aromatic rings. The molecule has 2 N–H and O–H groups in total. The van der Waals surface area contributed by atoms with Crippen LogP contribution >= 0.6 is 0 Å². The van der Waals surface area contributed by atoms with E-state index in [0.717, 1.165) is 31.7 Å². The maximum Gasteiger partial charge on any atom is 0.122 e. The Morgan fingerprint density at radius 3 is 3.19 bits per heavy atom. The molecular weight excluding hydrogens is 202 g/mol. The van der Waals surface area contributed by atoms with E-state index in [2.05, 4.69) is 30.4 Å². The number of hydrogen-bond acceptors (Lipinski definition) is 3. The van der Waals surface area contributed by atoms with Crippen LogP contribution in [0.25, 0.3) is 0 Å². The van der Waals surface area contributed by atoms with Crippen LogP contribution in [0.1, 0.15) is 24.5 Å². The van der Waals surface area contributed by atoms with Gasteiger partial charge < -0.3 is 15.2 Å². The van der Waals surface area contributed by atoms with Gasteiger partial charge in [-0.2, -0.15) is 0 Å². The minimum atomic E-state index is 0.242.